The van der Waals surface area contributed by atoms with E-state index in [0.29, 0.717) is 45.3 Å². The number of anilines is 1. The van der Waals surface area contributed by atoms with Crippen molar-refractivity contribution in [3.63, 3.8) is 0 Å². The average Bonchev–Trinajstić information content (AvgIpc) is 3.35. The van der Waals surface area contributed by atoms with Gasteiger partial charge in [-0.2, -0.15) is 5.10 Å². The van der Waals surface area contributed by atoms with E-state index in [1.54, 1.807) is 53.2 Å². The summed E-state index contributed by atoms with van der Waals surface area (Å²) in [4.78, 5) is 58.3. The SMILES string of the molecule is O=C(CCCN1C(=O)c2cccc3cccc(c23)C1=O)Nc1ccc(-n2ncc3c(=O)[nH]cnc32)cc1. The summed E-state index contributed by atoms with van der Waals surface area (Å²) < 4.78 is 1.54. The van der Waals surface area contributed by atoms with Crippen LogP contribution in [0.3, 0.4) is 0 Å². The Bertz CT molecular complexity index is 1720. The summed E-state index contributed by atoms with van der Waals surface area (Å²) in [5.41, 5.74) is 2.44. The van der Waals surface area contributed by atoms with Crippen LogP contribution in [0.5, 0.6) is 0 Å². The van der Waals surface area contributed by atoms with E-state index in [4.69, 9.17) is 0 Å². The van der Waals surface area contributed by atoms with E-state index in [2.05, 4.69) is 20.4 Å². The standard InChI is InChI=1S/C27H20N6O4/c34-22(31-17-9-11-18(12-10-17)33-24-21(14-30-33)25(35)29-15-28-24)8-3-13-32-26(36)19-6-1-4-16-5-2-7-20(23(16)19)27(32)37/h1-2,4-7,9-12,14-15H,3,8,13H2,(H,31,34)(H,28,29,35). The minimum atomic E-state index is -0.340. The van der Waals surface area contributed by atoms with Crippen molar-refractivity contribution in [2.45, 2.75) is 12.8 Å². The number of aromatic amines is 1. The summed E-state index contributed by atoms with van der Waals surface area (Å²) in [5.74, 6) is -0.911. The van der Waals surface area contributed by atoms with Crippen molar-refractivity contribution in [1.29, 1.82) is 0 Å². The number of H-pyrrole nitrogens is 1. The van der Waals surface area contributed by atoms with E-state index in [9.17, 15) is 19.2 Å². The van der Waals surface area contributed by atoms with E-state index < -0.39 is 0 Å². The van der Waals surface area contributed by atoms with Crippen molar-refractivity contribution in [1.82, 2.24) is 24.6 Å². The Morgan fingerprint density at radius 3 is 2.32 bits per heavy atom. The third-order valence-electron chi connectivity index (χ3n) is 6.41. The van der Waals surface area contributed by atoms with E-state index in [0.717, 1.165) is 5.39 Å². The Morgan fingerprint density at radius 2 is 1.62 bits per heavy atom. The summed E-state index contributed by atoms with van der Waals surface area (Å²) in [6.07, 6.45) is 3.25. The molecule has 5 aromatic rings. The minimum absolute atomic E-state index is 0.140. The maximum Gasteiger partial charge on any atom is 0.261 e. The smallest absolute Gasteiger partial charge is 0.261 e. The molecule has 10 nitrogen and oxygen atoms in total. The lowest BCUT2D eigenvalue weighted by Crippen LogP contribution is -2.41. The topological polar surface area (TPSA) is 130 Å². The van der Waals surface area contributed by atoms with E-state index in [-0.39, 0.29) is 36.2 Å². The lowest BCUT2D eigenvalue weighted by Gasteiger charge is -2.27. The number of fused-ring (bicyclic) bond motifs is 1. The summed E-state index contributed by atoms with van der Waals surface area (Å²) in [7, 11) is 0. The fourth-order valence-electron chi connectivity index (χ4n) is 4.64. The molecule has 3 heterocycles. The Balaban J connectivity index is 1.09. The normalized spacial score (nSPS) is 12.9. The van der Waals surface area contributed by atoms with Crippen LogP contribution in [0.4, 0.5) is 5.69 Å². The zero-order valence-electron chi connectivity index (χ0n) is 19.5. The van der Waals surface area contributed by atoms with Gasteiger partial charge in [-0.05, 0) is 48.2 Å². The van der Waals surface area contributed by atoms with Gasteiger partial charge in [0.2, 0.25) is 5.91 Å². The third kappa shape index (κ3) is 3.84. The molecular weight excluding hydrogens is 472 g/mol. The number of carbonyl (C=O) groups is 3. The molecule has 2 N–H and O–H groups in total. The first-order valence-electron chi connectivity index (χ1n) is 11.7. The molecule has 10 heteroatoms. The zero-order chi connectivity index (χ0) is 25.5. The number of hydrogen-bond acceptors (Lipinski definition) is 6. The second-order valence-corrected chi connectivity index (χ2v) is 8.70. The molecule has 0 saturated heterocycles. The molecule has 2 aromatic heterocycles. The van der Waals surface area contributed by atoms with E-state index >= 15 is 0 Å². The molecular formula is C27H20N6O4. The third-order valence-corrected chi connectivity index (χ3v) is 6.41. The highest BCUT2D eigenvalue weighted by atomic mass is 16.2. The van der Waals surface area contributed by atoms with Crippen LogP contribution >= 0.6 is 0 Å². The second-order valence-electron chi connectivity index (χ2n) is 8.70. The van der Waals surface area contributed by atoms with Crippen LogP contribution in [-0.2, 0) is 4.79 Å². The number of nitrogens with zero attached hydrogens (tertiary/aromatic N) is 4. The van der Waals surface area contributed by atoms with Gasteiger partial charge in [0.15, 0.2) is 5.65 Å². The van der Waals surface area contributed by atoms with Gasteiger partial charge in [-0.25, -0.2) is 9.67 Å². The van der Waals surface area contributed by atoms with Gasteiger partial charge in [0, 0.05) is 35.2 Å². The van der Waals surface area contributed by atoms with Crippen molar-refractivity contribution in [3.05, 3.63) is 94.7 Å². The molecule has 0 radical (unpaired) electrons. The highest BCUT2D eigenvalue weighted by molar-refractivity contribution is 6.25. The predicted molar refractivity (Wildman–Crippen MR) is 137 cm³/mol. The van der Waals surface area contributed by atoms with Crippen molar-refractivity contribution in [2.75, 3.05) is 11.9 Å². The highest BCUT2D eigenvalue weighted by Gasteiger charge is 2.32. The summed E-state index contributed by atoms with van der Waals surface area (Å²) >= 11 is 0. The number of nitrogens with one attached hydrogen (secondary N) is 2. The summed E-state index contributed by atoms with van der Waals surface area (Å²) in [6, 6.07) is 17.8. The molecule has 37 heavy (non-hydrogen) atoms. The second kappa shape index (κ2) is 8.83. The minimum Gasteiger partial charge on any atom is -0.326 e. The monoisotopic (exact) mass is 492 g/mol. The van der Waals surface area contributed by atoms with Gasteiger partial charge in [-0.1, -0.05) is 24.3 Å². The van der Waals surface area contributed by atoms with Gasteiger partial charge >= 0.3 is 0 Å². The Kier molecular flexibility index (Phi) is 5.33. The molecule has 0 spiro atoms. The van der Waals surface area contributed by atoms with Gasteiger partial charge in [0.1, 0.15) is 5.39 Å². The maximum atomic E-state index is 13.0. The van der Waals surface area contributed by atoms with Crippen LogP contribution in [-0.4, -0.2) is 48.9 Å². The first-order valence-corrected chi connectivity index (χ1v) is 11.7. The van der Waals surface area contributed by atoms with Crippen LogP contribution in [0, 0.1) is 0 Å². The molecule has 0 bridgehead atoms. The molecule has 0 aliphatic carbocycles. The van der Waals surface area contributed by atoms with Gasteiger partial charge < -0.3 is 10.3 Å². The van der Waals surface area contributed by atoms with Crippen LogP contribution in [0.2, 0.25) is 0 Å². The fourth-order valence-corrected chi connectivity index (χ4v) is 4.64. The number of benzene rings is 3. The fraction of sp³-hybridized carbons (Fsp3) is 0.111. The molecule has 0 saturated carbocycles. The predicted octanol–water partition coefficient (Wildman–Crippen LogP) is 3.28. The van der Waals surface area contributed by atoms with E-state index in [1.807, 2.05) is 12.1 Å². The van der Waals surface area contributed by atoms with Crippen LogP contribution in [0.15, 0.2) is 78.0 Å². The molecule has 182 valence electrons. The summed E-state index contributed by atoms with van der Waals surface area (Å²) in [5, 5.41) is 8.97. The van der Waals surface area contributed by atoms with Gasteiger partial charge in [-0.3, -0.25) is 24.1 Å². The van der Waals surface area contributed by atoms with Crippen molar-refractivity contribution < 1.29 is 14.4 Å². The molecule has 1 aliphatic rings. The number of hydrogen-bond donors (Lipinski definition) is 2. The first kappa shape index (κ1) is 22.4. The maximum absolute atomic E-state index is 13.0. The van der Waals surface area contributed by atoms with Crippen LogP contribution in [0.1, 0.15) is 33.6 Å². The molecule has 6 rings (SSSR count). The number of carbonyl (C=O) groups excluding carboxylic acids is 3. The molecule has 3 amide bonds. The van der Waals surface area contributed by atoms with Gasteiger partial charge in [-0.15, -0.1) is 0 Å². The Labute approximate surface area is 209 Å². The highest BCUT2D eigenvalue weighted by Crippen LogP contribution is 2.30. The van der Waals surface area contributed by atoms with Crippen molar-refractivity contribution >= 4 is 45.2 Å². The number of aromatic nitrogens is 4. The quantitative estimate of drug-likeness (QED) is 0.350. The largest absolute Gasteiger partial charge is 0.326 e. The number of imide groups is 1. The molecule has 1 aliphatic heterocycles. The van der Waals surface area contributed by atoms with Crippen molar-refractivity contribution in [3.8, 4) is 5.69 Å². The lowest BCUT2D eigenvalue weighted by molar-refractivity contribution is -0.116. The zero-order valence-corrected chi connectivity index (χ0v) is 19.5. The molecule has 0 unspecified atom stereocenters. The Hall–Kier alpha value is -5.12. The molecule has 0 fully saturated rings. The molecule has 3 aromatic carbocycles. The van der Waals surface area contributed by atoms with Gasteiger partial charge in [0.25, 0.3) is 17.4 Å². The first-order chi connectivity index (χ1) is 18.0. The average molecular weight is 492 g/mol. The molecule has 0 atom stereocenters. The van der Waals surface area contributed by atoms with Gasteiger partial charge in [0.05, 0.1) is 18.2 Å². The summed E-state index contributed by atoms with van der Waals surface area (Å²) in [6.45, 7) is 0.146. The van der Waals surface area contributed by atoms with E-state index in [1.165, 1.54) is 17.4 Å². The van der Waals surface area contributed by atoms with Crippen LogP contribution < -0.4 is 10.9 Å². The lowest BCUT2D eigenvalue weighted by atomic mass is 9.94. The number of amides is 3. The number of rotatable bonds is 6. The van der Waals surface area contributed by atoms with Crippen molar-refractivity contribution in [2.24, 2.45) is 0 Å². The van der Waals surface area contributed by atoms with Crippen LogP contribution in [0.25, 0.3) is 27.5 Å². The Morgan fingerprint density at radius 1 is 0.919 bits per heavy atom.